The number of aromatic nitrogens is 1. The second-order valence-corrected chi connectivity index (χ2v) is 4.47. The number of H-pyrrole nitrogens is 1. The lowest BCUT2D eigenvalue weighted by molar-refractivity contribution is 0.759. The third kappa shape index (κ3) is 0.959. The highest BCUT2D eigenvalue weighted by molar-refractivity contribution is 6.18. The van der Waals surface area contributed by atoms with E-state index in [1.807, 2.05) is 6.07 Å². The molecule has 0 saturated heterocycles. The lowest BCUT2D eigenvalue weighted by atomic mass is 10.1. The normalized spacial score (nSPS) is 15.3. The fourth-order valence-corrected chi connectivity index (χ4v) is 2.34. The summed E-state index contributed by atoms with van der Waals surface area (Å²) in [5.41, 5.74) is 9.35. The van der Waals surface area contributed by atoms with E-state index in [2.05, 4.69) is 40.6 Å². The van der Waals surface area contributed by atoms with Gasteiger partial charge in [-0.25, -0.2) is 0 Å². The molecule has 5 rings (SSSR count). The van der Waals surface area contributed by atoms with E-state index >= 15 is 0 Å². The molecule has 1 aliphatic rings. The van der Waals surface area contributed by atoms with Crippen LogP contribution in [-0.2, 0) is 0 Å². The zero-order valence-electron chi connectivity index (χ0n) is 8.87. The number of benzene rings is 2. The van der Waals surface area contributed by atoms with Crippen LogP contribution in [-0.4, -0.2) is 4.98 Å². The lowest BCUT2D eigenvalue weighted by Crippen LogP contribution is -1.81. The predicted molar refractivity (Wildman–Crippen MR) is 66.8 cm³/mol. The molecule has 3 heterocycles. The monoisotopic (exact) mass is 220 g/mol. The molecule has 0 unspecified atom stereocenters. The van der Waals surface area contributed by atoms with Crippen molar-refractivity contribution >= 4 is 33.6 Å². The van der Waals surface area contributed by atoms with E-state index in [0.717, 1.165) is 11.2 Å². The molecule has 0 fully saturated rings. The zero-order valence-corrected chi connectivity index (χ0v) is 8.87. The minimum Gasteiger partial charge on any atom is -0.447 e. The Kier molecular flexibility index (Phi) is 1.05. The summed E-state index contributed by atoms with van der Waals surface area (Å²) < 4.78 is 5.37. The number of hydrogen-bond donors (Lipinski definition) is 2. The van der Waals surface area contributed by atoms with Crippen molar-refractivity contribution in [2.24, 2.45) is 0 Å². The minimum absolute atomic E-state index is 1.01. The molecule has 0 radical (unpaired) electrons. The SMILES string of the molecule is c1ccc(C2=C(c3cc4oc4c4[nH]c34)N2)cc1. The first-order valence-corrected chi connectivity index (χ1v) is 5.65. The van der Waals surface area contributed by atoms with Gasteiger partial charge in [0.05, 0.1) is 16.9 Å². The Bertz CT molecular complexity index is 850. The summed E-state index contributed by atoms with van der Waals surface area (Å²) in [4.78, 5) is 3.27. The van der Waals surface area contributed by atoms with Crippen LogP contribution in [0.5, 0.6) is 0 Å². The Balaban J connectivity index is 1.68. The van der Waals surface area contributed by atoms with Crippen LogP contribution in [0.2, 0.25) is 0 Å². The zero-order chi connectivity index (χ0) is 11.0. The van der Waals surface area contributed by atoms with E-state index in [4.69, 9.17) is 4.42 Å². The van der Waals surface area contributed by atoms with E-state index in [1.54, 1.807) is 0 Å². The number of aromatic amines is 1. The minimum atomic E-state index is 1.01. The number of nitrogens with one attached hydrogen (secondary N) is 2. The highest BCUT2D eigenvalue weighted by Gasteiger charge is 2.31. The quantitative estimate of drug-likeness (QED) is 0.545. The maximum Gasteiger partial charge on any atom is 0.195 e. The van der Waals surface area contributed by atoms with Gasteiger partial charge in [-0.05, 0) is 6.07 Å². The first kappa shape index (κ1) is 7.79. The van der Waals surface area contributed by atoms with Crippen molar-refractivity contribution in [3.63, 3.8) is 0 Å². The standard InChI is InChI=1S/C14H8N2O/c1-2-4-7(5-3-1)10-11(15-10)8-6-9-14(17-9)13-12(8)16-13/h1-6,15-16H. The first-order chi connectivity index (χ1) is 8.42. The van der Waals surface area contributed by atoms with Crippen LogP contribution in [0.3, 0.4) is 0 Å². The van der Waals surface area contributed by atoms with E-state index in [9.17, 15) is 0 Å². The average Bonchev–Trinajstić information content (AvgIpc) is 3.26. The van der Waals surface area contributed by atoms with Gasteiger partial charge < -0.3 is 14.7 Å². The van der Waals surface area contributed by atoms with Crippen LogP contribution >= 0.6 is 0 Å². The topological polar surface area (TPSA) is 50.9 Å². The van der Waals surface area contributed by atoms with Gasteiger partial charge in [0.2, 0.25) is 0 Å². The summed E-state index contributed by atoms with van der Waals surface area (Å²) in [5.74, 6) is 0. The molecule has 0 atom stereocenters. The Morgan fingerprint density at radius 3 is 2.71 bits per heavy atom. The molecule has 0 aliphatic carbocycles. The van der Waals surface area contributed by atoms with Gasteiger partial charge in [-0.2, -0.15) is 0 Å². The molecule has 0 saturated carbocycles. The van der Waals surface area contributed by atoms with E-state index < -0.39 is 0 Å². The Morgan fingerprint density at radius 2 is 1.82 bits per heavy atom. The fourth-order valence-electron chi connectivity index (χ4n) is 2.34. The Morgan fingerprint density at radius 1 is 0.941 bits per heavy atom. The second-order valence-electron chi connectivity index (χ2n) is 4.47. The van der Waals surface area contributed by atoms with Gasteiger partial charge in [0.1, 0.15) is 5.52 Å². The fraction of sp³-hybridized carbons (Fsp3) is 0. The maximum absolute atomic E-state index is 5.37. The molecule has 17 heavy (non-hydrogen) atoms. The maximum atomic E-state index is 5.37. The van der Waals surface area contributed by atoms with Gasteiger partial charge in [-0.1, -0.05) is 30.3 Å². The Labute approximate surface area is 96.4 Å². The van der Waals surface area contributed by atoms with Gasteiger partial charge in [0.15, 0.2) is 11.2 Å². The molecule has 3 nitrogen and oxygen atoms in total. The average molecular weight is 220 g/mol. The molecule has 4 aromatic rings. The second kappa shape index (κ2) is 2.30. The van der Waals surface area contributed by atoms with Crippen LogP contribution in [0.25, 0.3) is 33.6 Å². The summed E-state index contributed by atoms with van der Waals surface area (Å²) in [6, 6.07) is 12.5. The molecular weight excluding hydrogens is 212 g/mol. The molecule has 2 aromatic carbocycles. The Hall–Kier alpha value is -2.42. The molecule has 2 N–H and O–H groups in total. The van der Waals surface area contributed by atoms with Crippen molar-refractivity contribution in [2.75, 3.05) is 0 Å². The highest BCUT2D eigenvalue weighted by atomic mass is 16.4. The van der Waals surface area contributed by atoms with Crippen molar-refractivity contribution in [1.82, 2.24) is 10.3 Å². The van der Waals surface area contributed by atoms with Crippen molar-refractivity contribution in [3.05, 3.63) is 47.5 Å². The third-order valence-electron chi connectivity index (χ3n) is 3.37. The number of hydrogen-bond acceptors (Lipinski definition) is 2. The largest absolute Gasteiger partial charge is 0.447 e. The van der Waals surface area contributed by atoms with Gasteiger partial charge in [-0.15, -0.1) is 0 Å². The van der Waals surface area contributed by atoms with Gasteiger partial charge in [0.25, 0.3) is 0 Å². The van der Waals surface area contributed by atoms with Crippen LogP contribution in [0, 0.1) is 0 Å². The van der Waals surface area contributed by atoms with Crippen LogP contribution in [0.15, 0.2) is 40.8 Å². The predicted octanol–water partition coefficient (Wildman–Crippen LogP) is 3.22. The summed E-state index contributed by atoms with van der Waals surface area (Å²) in [6.45, 7) is 0. The summed E-state index contributed by atoms with van der Waals surface area (Å²) in [6.07, 6.45) is 0. The molecule has 80 valence electrons. The van der Waals surface area contributed by atoms with Crippen LogP contribution in [0.1, 0.15) is 11.1 Å². The molecule has 0 bridgehead atoms. The first-order valence-electron chi connectivity index (χ1n) is 5.65. The van der Waals surface area contributed by atoms with Crippen LogP contribution < -0.4 is 5.32 Å². The van der Waals surface area contributed by atoms with E-state index in [-0.39, 0.29) is 0 Å². The molecule has 3 heteroatoms. The van der Waals surface area contributed by atoms with Crippen LogP contribution in [0.4, 0.5) is 0 Å². The van der Waals surface area contributed by atoms with Gasteiger partial charge in [-0.3, -0.25) is 0 Å². The smallest absolute Gasteiger partial charge is 0.195 e. The van der Waals surface area contributed by atoms with Crippen molar-refractivity contribution in [1.29, 1.82) is 0 Å². The molecule has 0 spiro atoms. The third-order valence-corrected chi connectivity index (χ3v) is 3.37. The van der Waals surface area contributed by atoms with E-state index in [0.29, 0.717) is 0 Å². The molecule has 0 amide bonds. The molecule has 1 aliphatic heterocycles. The van der Waals surface area contributed by atoms with Gasteiger partial charge in [0, 0.05) is 11.1 Å². The molecular formula is C14H8N2O. The number of fused-ring (bicyclic) bond motifs is 3. The van der Waals surface area contributed by atoms with E-state index in [1.165, 1.54) is 33.6 Å². The van der Waals surface area contributed by atoms with Crippen molar-refractivity contribution in [3.8, 4) is 0 Å². The van der Waals surface area contributed by atoms with Crippen molar-refractivity contribution in [2.45, 2.75) is 0 Å². The number of rotatable bonds is 2. The lowest BCUT2D eigenvalue weighted by Gasteiger charge is -1.88. The van der Waals surface area contributed by atoms with Crippen molar-refractivity contribution < 1.29 is 4.42 Å². The summed E-state index contributed by atoms with van der Waals surface area (Å²) >= 11 is 0. The van der Waals surface area contributed by atoms with Gasteiger partial charge >= 0.3 is 0 Å². The summed E-state index contributed by atoms with van der Waals surface area (Å²) in [5, 5.41) is 3.36. The molecule has 2 aromatic heterocycles. The highest BCUT2D eigenvalue weighted by Crippen LogP contribution is 2.45. The summed E-state index contributed by atoms with van der Waals surface area (Å²) in [7, 11) is 0.